The molecule has 44 heavy (non-hydrogen) atoms. The average molecular weight is 620 g/mol. The molecular formula is C35H29N3O4S2. The van der Waals surface area contributed by atoms with Crippen LogP contribution in [0.4, 0.5) is 11.4 Å². The Hall–Kier alpha value is -5.12. The van der Waals surface area contributed by atoms with Crippen molar-refractivity contribution in [3.05, 3.63) is 143 Å². The Morgan fingerprint density at radius 1 is 0.727 bits per heavy atom. The van der Waals surface area contributed by atoms with E-state index in [-0.39, 0.29) is 22.8 Å². The molecule has 1 aromatic heterocycles. The van der Waals surface area contributed by atoms with Crippen LogP contribution in [0, 0.1) is 0 Å². The van der Waals surface area contributed by atoms with Gasteiger partial charge in [0.1, 0.15) is 17.2 Å². The zero-order valence-corrected chi connectivity index (χ0v) is 25.4. The van der Waals surface area contributed by atoms with E-state index in [9.17, 15) is 14.4 Å². The van der Waals surface area contributed by atoms with E-state index in [0.717, 1.165) is 15.5 Å². The molecule has 7 nitrogen and oxygen atoms in total. The summed E-state index contributed by atoms with van der Waals surface area (Å²) in [4.78, 5) is 40.5. The monoisotopic (exact) mass is 619 g/mol. The van der Waals surface area contributed by atoms with Gasteiger partial charge in [0, 0.05) is 26.7 Å². The van der Waals surface area contributed by atoms with Crippen molar-refractivity contribution in [2.75, 3.05) is 10.6 Å². The summed E-state index contributed by atoms with van der Waals surface area (Å²) in [6.45, 7) is 1.83. The van der Waals surface area contributed by atoms with E-state index in [1.165, 1.54) is 23.1 Å². The van der Waals surface area contributed by atoms with E-state index in [1.807, 2.05) is 85.1 Å². The number of anilines is 2. The summed E-state index contributed by atoms with van der Waals surface area (Å²) in [7, 11) is 0. The summed E-state index contributed by atoms with van der Waals surface area (Å²) in [5.41, 5.74) is 1.81. The molecule has 220 valence electrons. The molecule has 0 bridgehead atoms. The van der Waals surface area contributed by atoms with Gasteiger partial charge in [-0.1, -0.05) is 42.5 Å². The fourth-order valence-corrected chi connectivity index (χ4v) is 5.53. The summed E-state index contributed by atoms with van der Waals surface area (Å²) in [5, 5.41) is 10.1. The summed E-state index contributed by atoms with van der Waals surface area (Å²) in [6.07, 6.45) is 1.65. The minimum atomic E-state index is -0.448. The topological polar surface area (TPSA) is 96.5 Å². The van der Waals surface area contributed by atoms with Gasteiger partial charge >= 0.3 is 0 Å². The minimum Gasteiger partial charge on any atom is -0.457 e. The molecule has 1 unspecified atom stereocenters. The maximum Gasteiger partial charge on any atom is 0.272 e. The standard InChI is InChI=1S/C35H29N3O4S2/c1-24(33(39)36-26-14-18-29(19-15-26)42-28-11-6-3-7-12-28)44-30-20-16-27(17-21-30)37-35(41)32(23-31-13-8-22-43-31)38-34(40)25-9-4-2-5-10-25/h2-24H,1H3,(H,36,39)(H,37,41)(H,38,40)/b32-23-. The fraction of sp³-hybridized carbons (Fsp3) is 0.0571. The number of nitrogens with one attached hydrogen (secondary N) is 3. The Bertz CT molecular complexity index is 1720. The third-order valence-corrected chi connectivity index (χ3v) is 8.18. The zero-order chi connectivity index (χ0) is 30.7. The predicted octanol–water partition coefficient (Wildman–Crippen LogP) is 8.07. The molecule has 0 spiro atoms. The van der Waals surface area contributed by atoms with Gasteiger partial charge in [0.15, 0.2) is 0 Å². The molecule has 0 saturated carbocycles. The SMILES string of the molecule is CC(Sc1ccc(NC(=O)/C(=C/c2cccs2)NC(=O)c2ccccc2)cc1)C(=O)Nc1ccc(Oc2ccccc2)cc1. The van der Waals surface area contributed by atoms with E-state index in [0.29, 0.717) is 22.7 Å². The Balaban J connectivity index is 1.16. The minimum absolute atomic E-state index is 0.129. The van der Waals surface area contributed by atoms with Crippen molar-refractivity contribution in [2.24, 2.45) is 0 Å². The Kier molecular flexibility index (Phi) is 10.2. The van der Waals surface area contributed by atoms with Gasteiger partial charge in [0.05, 0.1) is 5.25 Å². The van der Waals surface area contributed by atoms with Crippen LogP contribution in [-0.2, 0) is 9.59 Å². The van der Waals surface area contributed by atoms with Gasteiger partial charge in [-0.25, -0.2) is 0 Å². The molecule has 1 atom stereocenters. The lowest BCUT2D eigenvalue weighted by atomic mass is 10.2. The number of carbonyl (C=O) groups excluding carboxylic acids is 3. The number of thiophene rings is 1. The molecule has 3 amide bonds. The molecule has 0 saturated heterocycles. The zero-order valence-electron chi connectivity index (χ0n) is 23.7. The van der Waals surface area contributed by atoms with Crippen molar-refractivity contribution < 1.29 is 19.1 Å². The maximum atomic E-state index is 13.2. The lowest BCUT2D eigenvalue weighted by Crippen LogP contribution is -2.30. The average Bonchev–Trinajstić information content (AvgIpc) is 3.57. The first-order valence-electron chi connectivity index (χ1n) is 13.8. The summed E-state index contributed by atoms with van der Waals surface area (Å²) >= 11 is 2.86. The molecule has 0 aliphatic rings. The number of ether oxygens (including phenoxy) is 1. The molecule has 9 heteroatoms. The third-order valence-electron chi connectivity index (χ3n) is 6.25. The van der Waals surface area contributed by atoms with Gasteiger partial charge in [0.2, 0.25) is 5.91 Å². The van der Waals surface area contributed by atoms with E-state index < -0.39 is 5.91 Å². The summed E-state index contributed by atoms with van der Waals surface area (Å²) < 4.78 is 5.81. The highest BCUT2D eigenvalue weighted by Gasteiger charge is 2.17. The Labute approximate surface area is 264 Å². The lowest BCUT2D eigenvalue weighted by Gasteiger charge is -2.14. The van der Waals surface area contributed by atoms with Crippen molar-refractivity contribution in [1.29, 1.82) is 0 Å². The molecule has 0 aliphatic carbocycles. The largest absolute Gasteiger partial charge is 0.457 e. The van der Waals surface area contributed by atoms with Crippen molar-refractivity contribution in [3.63, 3.8) is 0 Å². The van der Waals surface area contributed by atoms with Crippen LogP contribution in [0.2, 0.25) is 0 Å². The first-order chi connectivity index (χ1) is 21.4. The Morgan fingerprint density at radius 2 is 1.34 bits per heavy atom. The molecule has 0 radical (unpaired) electrons. The van der Waals surface area contributed by atoms with E-state index in [4.69, 9.17) is 4.74 Å². The van der Waals surface area contributed by atoms with Crippen LogP contribution < -0.4 is 20.7 Å². The number of hydrogen-bond acceptors (Lipinski definition) is 6. The van der Waals surface area contributed by atoms with E-state index in [1.54, 1.807) is 54.6 Å². The number of amides is 3. The van der Waals surface area contributed by atoms with Crippen molar-refractivity contribution >= 4 is 58.3 Å². The van der Waals surface area contributed by atoms with Crippen LogP contribution in [0.1, 0.15) is 22.2 Å². The van der Waals surface area contributed by atoms with Crippen LogP contribution in [0.5, 0.6) is 11.5 Å². The van der Waals surface area contributed by atoms with E-state index in [2.05, 4.69) is 16.0 Å². The number of benzene rings is 4. The van der Waals surface area contributed by atoms with Crippen LogP contribution >= 0.6 is 23.1 Å². The second-order valence-electron chi connectivity index (χ2n) is 9.56. The first-order valence-corrected chi connectivity index (χ1v) is 15.5. The first kappa shape index (κ1) is 30.3. The number of rotatable bonds is 11. The van der Waals surface area contributed by atoms with E-state index >= 15 is 0 Å². The van der Waals surface area contributed by atoms with Crippen molar-refractivity contribution in [2.45, 2.75) is 17.1 Å². The van der Waals surface area contributed by atoms with Crippen LogP contribution in [0.3, 0.4) is 0 Å². The van der Waals surface area contributed by atoms with Crippen LogP contribution in [0.25, 0.3) is 6.08 Å². The van der Waals surface area contributed by atoms with Crippen molar-refractivity contribution in [3.8, 4) is 11.5 Å². The van der Waals surface area contributed by atoms with Gasteiger partial charge in [0.25, 0.3) is 11.8 Å². The van der Waals surface area contributed by atoms with Crippen molar-refractivity contribution in [1.82, 2.24) is 5.32 Å². The predicted molar refractivity (Wildman–Crippen MR) is 178 cm³/mol. The van der Waals surface area contributed by atoms with Gasteiger partial charge in [-0.05, 0) is 97.2 Å². The molecule has 5 aromatic rings. The molecule has 1 heterocycles. The van der Waals surface area contributed by atoms with Gasteiger partial charge in [-0.3, -0.25) is 14.4 Å². The van der Waals surface area contributed by atoms with Crippen LogP contribution in [0.15, 0.2) is 137 Å². The molecule has 4 aromatic carbocycles. The lowest BCUT2D eigenvalue weighted by molar-refractivity contribution is -0.115. The highest BCUT2D eigenvalue weighted by Crippen LogP contribution is 2.27. The molecule has 3 N–H and O–H groups in total. The summed E-state index contributed by atoms with van der Waals surface area (Å²) in [5.74, 6) is 0.457. The smallest absolute Gasteiger partial charge is 0.272 e. The molecular weight excluding hydrogens is 591 g/mol. The normalized spacial score (nSPS) is 11.7. The number of thioether (sulfide) groups is 1. The molecule has 5 rings (SSSR count). The number of carbonyl (C=O) groups is 3. The molecule has 0 aliphatic heterocycles. The van der Waals surface area contributed by atoms with Gasteiger partial charge < -0.3 is 20.7 Å². The van der Waals surface area contributed by atoms with Gasteiger partial charge in [-0.2, -0.15) is 0 Å². The second kappa shape index (κ2) is 14.9. The number of hydrogen-bond donors (Lipinski definition) is 3. The Morgan fingerprint density at radius 3 is 2.00 bits per heavy atom. The van der Waals surface area contributed by atoms with Gasteiger partial charge in [-0.15, -0.1) is 23.1 Å². The maximum absolute atomic E-state index is 13.2. The quantitative estimate of drug-likeness (QED) is 0.103. The highest BCUT2D eigenvalue weighted by atomic mass is 32.2. The molecule has 0 fully saturated rings. The highest BCUT2D eigenvalue weighted by molar-refractivity contribution is 8.00. The second-order valence-corrected chi connectivity index (χ2v) is 12.0. The third kappa shape index (κ3) is 8.70. The van der Waals surface area contributed by atoms with Crippen LogP contribution in [-0.4, -0.2) is 23.0 Å². The summed E-state index contributed by atoms with van der Waals surface area (Å²) in [6, 6.07) is 36.4. The fourth-order valence-electron chi connectivity index (χ4n) is 4.01. The number of para-hydroxylation sites is 1.